The number of nitrogens with zero attached hydrogens (tertiary/aromatic N) is 3. The highest BCUT2D eigenvalue weighted by Gasteiger charge is 2.25. The van der Waals surface area contributed by atoms with Gasteiger partial charge in [-0.1, -0.05) is 32.3 Å². The van der Waals surface area contributed by atoms with Crippen LogP contribution < -0.4 is 4.90 Å². The number of hydrogen-bond acceptors (Lipinski definition) is 2. The fraction of sp³-hybridized carbons (Fsp3) is 0.500. The van der Waals surface area contributed by atoms with E-state index >= 15 is 0 Å². The molecule has 1 fully saturated rings. The van der Waals surface area contributed by atoms with E-state index in [9.17, 15) is 4.79 Å². The summed E-state index contributed by atoms with van der Waals surface area (Å²) in [5.74, 6) is 0.963. The van der Waals surface area contributed by atoms with Crippen molar-refractivity contribution in [2.75, 3.05) is 4.90 Å². The van der Waals surface area contributed by atoms with Gasteiger partial charge in [-0.2, -0.15) is 0 Å². The predicted octanol–water partition coefficient (Wildman–Crippen LogP) is 3.19. The van der Waals surface area contributed by atoms with E-state index in [1.54, 1.807) is 0 Å². The largest absolute Gasteiger partial charge is 0.296 e. The number of aryl methyl sites for hydroxylation is 1. The minimum Gasteiger partial charge on any atom is -0.296 e. The van der Waals surface area contributed by atoms with Gasteiger partial charge in [-0.05, 0) is 31.4 Å². The highest BCUT2D eigenvalue weighted by atomic mass is 16.1. The molecule has 4 nitrogen and oxygen atoms in total. The first-order valence-electron chi connectivity index (χ1n) is 7.54. The second kappa shape index (κ2) is 5.65. The van der Waals surface area contributed by atoms with Gasteiger partial charge in [0, 0.05) is 12.2 Å². The quantitative estimate of drug-likeness (QED) is 0.801. The van der Waals surface area contributed by atoms with E-state index in [1.807, 2.05) is 33.7 Å². The van der Waals surface area contributed by atoms with Gasteiger partial charge in [0.05, 0.1) is 5.69 Å². The Morgan fingerprint density at radius 1 is 1.35 bits per heavy atom. The van der Waals surface area contributed by atoms with Gasteiger partial charge in [0.15, 0.2) is 0 Å². The lowest BCUT2D eigenvalue weighted by Crippen LogP contribution is -2.37. The molecule has 0 spiro atoms. The van der Waals surface area contributed by atoms with E-state index in [-0.39, 0.29) is 0 Å². The monoisotopic (exact) mass is 271 g/mol. The number of imidazole rings is 1. The third-order valence-electron chi connectivity index (χ3n) is 4.24. The second-order valence-electron chi connectivity index (χ2n) is 5.47. The van der Waals surface area contributed by atoms with Crippen molar-refractivity contribution >= 4 is 17.9 Å². The number of aromatic nitrogens is 2. The Bertz CT molecular complexity index is 599. The highest BCUT2D eigenvalue weighted by molar-refractivity contribution is 5.77. The van der Waals surface area contributed by atoms with Crippen LogP contribution in [0.4, 0.5) is 5.82 Å². The summed E-state index contributed by atoms with van der Waals surface area (Å²) in [7, 11) is 0. The van der Waals surface area contributed by atoms with Crippen LogP contribution in [0.25, 0.3) is 5.65 Å². The molecule has 2 heterocycles. The average Bonchev–Trinajstić information content (AvgIpc) is 2.88. The molecule has 1 saturated carbocycles. The molecule has 0 aliphatic heterocycles. The van der Waals surface area contributed by atoms with E-state index < -0.39 is 0 Å². The molecule has 3 rings (SSSR count). The molecule has 4 heteroatoms. The zero-order valence-corrected chi connectivity index (χ0v) is 12.0. The summed E-state index contributed by atoms with van der Waals surface area (Å²) in [6.07, 6.45) is 9.75. The number of hydrogen-bond donors (Lipinski definition) is 0. The Kier molecular flexibility index (Phi) is 3.72. The van der Waals surface area contributed by atoms with Crippen molar-refractivity contribution in [1.82, 2.24) is 9.38 Å². The number of pyridine rings is 1. The Balaban J connectivity index is 2.07. The fourth-order valence-electron chi connectivity index (χ4n) is 3.21. The molecule has 2 aromatic rings. The molecule has 0 aromatic carbocycles. The molecule has 0 atom stereocenters. The summed E-state index contributed by atoms with van der Waals surface area (Å²) in [5, 5.41) is 0. The van der Waals surface area contributed by atoms with Gasteiger partial charge >= 0.3 is 0 Å². The van der Waals surface area contributed by atoms with Crippen LogP contribution in [0, 0.1) is 0 Å². The number of amides is 1. The SMILES string of the molecule is CCc1nc2ccccn2c1N(C=O)C1CCCCC1. The molecule has 20 heavy (non-hydrogen) atoms. The Labute approximate surface area is 119 Å². The zero-order chi connectivity index (χ0) is 13.9. The average molecular weight is 271 g/mol. The lowest BCUT2D eigenvalue weighted by Gasteiger charge is -2.31. The van der Waals surface area contributed by atoms with Crippen molar-refractivity contribution in [1.29, 1.82) is 0 Å². The topological polar surface area (TPSA) is 37.6 Å². The lowest BCUT2D eigenvalue weighted by atomic mass is 9.94. The van der Waals surface area contributed by atoms with E-state index in [0.29, 0.717) is 6.04 Å². The van der Waals surface area contributed by atoms with Gasteiger partial charge in [0.25, 0.3) is 0 Å². The number of anilines is 1. The Morgan fingerprint density at radius 3 is 2.85 bits per heavy atom. The smallest absolute Gasteiger partial charge is 0.215 e. The summed E-state index contributed by atoms with van der Waals surface area (Å²) >= 11 is 0. The molecule has 106 valence electrons. The Morgan fingerprint density at radius 2 is 2.15 bits per heavy atom. The predicted molar refractivity (Wildman–Crippen MR) is 80.0 cm³/mol. The van der Waals surface area contributed by atoms with Gasteiger partial charge < -0.3 is 0 Å². The Hall–Kier alpha value is -1.84. The molecule has 0 unspecified atom stereocenters. The van der Waals surface area contributed by atoms with Gasteiger partial charge in [-0.25, -0.2) is 4.98 Å². The summed E-state index contributed by atoms with van der Waals surface area (Å²) in [5.41, 5.74) is 1.93. The third kappa shape index (κ3) is 2.19. The van der Waals surface area contributed by atoms with Crippen LogP contribution in [0.3, 0.4) is 0 Å². The van der Waals surface area contributed by atoms with Crippen molar-refractivity contribution < 1.29 is 4.79 Å². The van der Waals surface area contributed by atoms with E-state index in [4.69, 9.17) is 0 Å². The summed E-state index contributed by atoms with van der Waals surface area (Å²) < 4.78 is 2.04. The van der Waals surface area contributed by atoms with Crippen molar-refractivity contribution in [2.24, 2.45) is 0 Å². The number of carbonyl (C=O) groups excluding carboxylic acids is 1. The van der Waals surface area contributed by atoms with Crippen molar-refractivity contribution in [2.45, 2.75) is 51.5 Å². The van der Waals surface area contributed by atoms with Gasteiger partial charge in [-0.15, -0.1) is 0 Å². The maximum Gasteiger partial charge on any atom is 0.215 e. The van der Waals surface area contributed by atoms with E-state index in [1.165, 1.54) is 19.3 Å². The first-order valence-corrected chi connectivity index (χ1v) is 7.54. The van der Waals surface area contributed by atoms with Crippen LogP contribution in [0.5, 0.6) is 0 Å². The number of carbonyl (C=O) groups is 1. The minimum atomic E-state index is 0.326. The van der Waals surface area contributed by atoms with Gasteiger partial charge in [0.2, 0.25) is 6.41 Å². The molecule has 1 aliphatic carbocycles. The first kappa shape index (κ1) is 13.2. The molecule has 2 aromatic heterocycles. The van der Waals surface area contributed by atoms with Crippen molar-refractivity contribution in [3.05, 3.63) is 30.1 Å². The summed E-state index contributed by atoms with van der Waals surface area (Å²) in [4.78, 5) is 18.3. The van der Waals surface area contributed by atoms with Gasteiger partial charge in [0.1, 0.15) is 11.5 Å². The highest BCUT2D eigenvalue weighted by Crippen LogP contribution is 2.29. The van der Waals surface area contributed by atoms with E-state index in [2.05, 4.69) is 11.9 Å². The minimum absolute atomic E-state index is 0.326. The standard InChI is InChI=1S/C16H21N3O/c1-2-14-16(18-11-7-6-10-15(18)17-14)19(12-20)13-8-4-3-5-9-13/h6-7,10-13H,2-5,8-9H2,1H3. The molecule has 0 radical (unpaired) electrons. The fourth-order valence-corrected chi connectivity index (χ4v) is 3.21. The van der Waals surface area contributed by atoms with Crippen molar-refractivity contribution in [3.8, 4) is 0 Å². The molecule has 0 bridgehead atoms. The third-order valence-corrected chi connectivity index (χ3v) is 4.24. The zero-order valence-electron chi connectivity index (χ0n) is 12.0. The maximum absolute atomic E-state index is 11.7. The van der Waals surface area contributed by atoms with Crippen LogP contribution in [0.1, 0.15) is 44.7 Å². The maximum atomic E-state index is 11.7. The van der Waals surface area contributed by atoms with Gasteiger partial charge in [-0.3, -0.25) is 14.1 Å². The molecular weight excluding hydrogens is 250 g/mol. The first-order chi connectivity index (χ1) is 9.85. The van der Waals surface area contributed by atoms with Crippen molar-refractivity contribution in [3.63, 3.8) is 0 Å². The molecule has 1 amide bonds. The molecule has 0 saturated heterocycles. The lowest BCUT2D eigenvalue weighted by molar-refractivity contribution is -0.108. The van der Waals surface area contributed by atoms with Crippen LogP contribution in [0.2, 0.25) is 0 Å². The molecule has 0 N–H and O–H groups in total. The van der Waals surface area contributed by atoms with Crippen LogP contribution in [-0.2, 0) is 11.2 Å². The van der Waals surface area contributed by atoms with Crippen LogP contribution >= 0.6 is 0 Å². The summed E-state index contributed by atoms with van der Waals surface area (Å²) in [6, 6.07) is 6.29. The van der Waals surface area contributed by atoms with Crippen LogP contribution in [-0.4, -0.2) is 21.8 Å². The number of rotatable bonds is 4. The number of fused-ring (bicyclic) bond motifs is 1. The van der Waals surface area contributed by atoms with E-state index in [0.717, 1.165) is 42.8 Å². The summed E-state index contributed by atoms with van der Waals surface area (Å²) in [6.45, 7) is 2.09. The van der Waals surface area contributed by atoms with Crippen LogP contribution in [0.15, 0.2) is 24.4 Å². The normalized spacial score (nSPS) is 16.4. The molecule has 1 aliphatic rings. The molecular formula is C16H21N3O. The second-order valence-corrected chi connectivity index (χ2v) is 5.47.